The SMILES string of the molecule is CCCCC(=O)O[C@@H](C)COC. The summed E-state index contributed by atoms with van der Waals surface area (Å²) in [6.45, 7) is 4.34. The largest absolute Gasteiger partial charge is 0.460 e. The molecule has 0 unspecified atom stereocenters. The number of hydrogen-bond donors (Lipinski definition) is 0. The second-order valence-electron chi connectivity index (χ2n) is 2.86. The highest BCUT2D eigenvalue weighted by Gasteiger charge is 2.07. The summed E-state index contributed by atoms with van der Waals surface area (Å²) in [6, 6.07) is 0. The van der Waals surface area contributed by atoms with Crippen molar-refractivity contribution < 1.29 is 14.3 Å². The molecule has 0 aliphatic carbocycles. The molecule has 0 fully saturated rings. The minimum atomic E-state index is -0.126. The minimum absolute atomic E-state index is 0.124. The number of methoxy groups -OCH3 is 1. The van der Waals surface area contributed by atoms with Crippen molar-refractivity contribution in [3.05, 3.63) is 0 Å². The van der Waals surface area contributed by atoms with Crippen molar-refractivity contribution in [3.63, 3.8) is 0 Å². The summed E-state index contributed by atoms with van der Waals surface area (Å²) in [5.41, 5.74) is 0. The number of ether oxygens (including phenoxy) is 2. The molecule has 0 aliphatic rings. The Morgan fingerprint density at radius 2 is 2.17 bits per heavy atom. The molecule has 0 aromatic rings. The minimum Gasteiger partial charge on any atom is -0.460 e. The number of unbranched alkanes of at least 4 members (excludes halogenated alkanes) is 1. The number of carbonyl (C=O) groups is 1. The van der Waals surface area contributed by atoms with E-state index in [0.29, 0.717) is 13.0 Å². The molecular weight excluding hydrogens is 156 g/mol. The summed E-state index contributed by atoms with van der Waals surface area (Å²) in [5, 5.41) is 0. The Labute approximate surface area is 74.0 Å². The first-order valence-electron chi connectivity index (χ1n) is 4.39. The number of rotatable bonds is 6. The summed E-state index contributed by atoms with van der Waals surface area (Å²) in [6.07, 6.45) is 2.32. The average molecular weight is 174 g/mol. The van der Waals surface area contributed by atoms with E-state index in [1.807, 2.05) is 13.8 Å². The molecule has 0 radical (unpaired) electrons. The van der Waals surface area contributed by atoms with Crippen molar-refractivity contribution in [2.45, 2.75) is 39.2 Å². The van der Waals surface area contributed by atoms with Gasteiger partial charge in [-0.3, -0.25) is 4.79 Å². The molecule has 12 heavy (non-hydrogen) atoms. The van der Waals surface area contributed by atoms with Crippen LogP contribution in [0.25, 0.3) is 0 Å². The van der Waals surface area contributed by atoms with Crippen LogP contribution < -0.4 is 0 Å². The Balaban J connectivity index is 3.40. The molecule has 0 saturated carbocycles. The average Bonchev–Trinajstić information content (AvgIpc) is 2.01. The second-order valence-corrected chi connectivity index (χ2v) is 2.86. The van der Waals surface area contributed by atoms with Gasteiger partial charge in [0.25, 0.3) is 0 Å². The summed E-state index contributed by atoms with van der Waals surface area (Å²) in [5.74, 6) is -0.124. The van der Waals surface area contributed by atoms with Crippen molar-refractivity contribution in [1.29, 1.82) is 0 Å². The quantitative estimate of drug-likeness (QED) is 0.575. The van der Waals surface area contributed by atoms with Crippen molar-refractivity contribution in [2.75, 3.05) is 13.7 Å². The fourth-order valence-corrected chi connectivity index (χ4v) is 0.873. The van der Waals surface area contributed by atoms with Gasteiger partial charge in [0.05, 0.1) is 6.61 Å². The van der Waals surface area contributed by atoms with Crippen LogP contribution in [0.1, 0.15) is 33.1 Å². The van der Waals surface area contributed by atoms with Crippen LogP contribution in [-0.2, 0) is 14.3 Å². The first-order valence-corrected chi connectivity index (χ1v) is 4.39. The van der Waals surface area contributed by atoms with Gasteiger partial charge in [-0.1, -0.05) is 13.3 Å². The molecule has 0 N–H and O–H groups in total. The van der Waals surface area contributed by atoms with E-state index >= 15 is 0 Å². The van der Waals surface area contributed by atoms with Crippen molar-refractivity contribution in [2.24, 2.45) is 0 Å². The lowest BCUT2D eigenvalue weighted by atomic mass is 10.2. The fourth-order valence-electron chi connectivity index (χ4n) is 0.873. The maximum absolute atomic E-state index is 11.0. The van der Waals surface area contributed by atoms with E-state index in [-0.39, 0.29) is 12.1 Å². The van der Waals surface area contributed by atoms with Gasteiger partial charge in [0.15, 0.2) is 0 Å². The number of hydrogen-bond acceptors (Lipinski definition) is 3. The smallest absolute Gasteiger partial charge is 0.306 e. The molecule has 0 heterocycles. The Hall–Kier alpha value is -0.570. The topological polar surface area (TPSA) is 35.5 Å². The van der Waals surface area contributed by atoms with Crippen molar-refractivity contribution >= 4 is 5.97 Å². The van der Waals surface area contributed by atoms with Crippen molar-refractivity contribution in [1.82, 2.24) is 0 Å². The third kappa shape index (κ3) is 6.16. The van der Waals surface area contributed by atoms with E-state index in [0.717, 1.165) is 12.8 Å². The van der Waals surface area contributed by atoms with Gasteiger partial charge < -0.3 is 9.47 Å². The monoisotopic (exact) mass is 174 g/mol. The van der Waals surface area contributed by atoms with E-state index in [9.17, 15) is 4.79 Å². The van der Waals surface area contributed by atoms with Gasteiger partial charge in [0.2, 0.25) is 0 Å². The summed E-state index contributed by atoms with van der Waals surface area (Å²) in [7, 11) is 1.59. The van der Waals surface area contributed by atoms with Crippen LogP contribution in [0.5, 0.6) is 0 Å². The van der Waals surface area contributed by atoms with Gasteiger partial charge >= 0.3 is 5.97 Å². The van der Waals surface area contributed by atoms with E-state index in [1.165, 1.54) is 0 Å². The van der Waals surface area contributed by atoms with Gasteiger partial charge in [-0.05, 0) is 13.3 Å². The third-order valence-electron chi connectivity index (χ3n) is 1.47. The van der Waals surface area contributed by atoms with Gasteiger partial charge in [-0.15, -0.1) is 0 Å². The zero-order valence-corrected chi connectivity index (χ0v) is 8.13. The van der Waals surface area contributed by atoms with Crippen LogP contribution in [0.2, 0.25) is 0 Å². The van der Waals surface area contributed by atoms with Gasteiger partial charge in [0, 0.05) is 13.5 Å². The molecule has 0 saturated heterocycles. The molecule has 3 nitrogen and oxygen atoms in total. The Morgan fingerprint density at radius 3 is 2.67 bits per heavy atom. The molecule has 72 valence electrons. The summed E-state index contributed by atoms with van der Waals surface area (Å²) in [4.78, 5) is 11.0. The molecule has 0 rings (SSSR count). The molecule has 1 atom stereocenters. The van der Waals surface area contributed by atoms with Crippen molar-refractivity contribution in [3.8, 4) is 0 Å². The lowest BCUT2D eigenvalue weighted by Gasteiger charge is -2.11. The second kappa shape index (κ2) is 7.10. The molecule has 0 amide bonds. The van der Waals surface area contributed by atoms with Gasteiger partial charge in [-0.25, -0.2) is 0 Å². The Kier molecular flexibility index (Phi) is 6.76. The lowest BCUT2D eigenvalue weighted by molar-refractivity contribution is -0.150. The van der Waals surface area contributed by atoms with Crippen LogP contribution in [0.4, 0.5) is 0 Å². The normalized spacial score (nSPS) is 12.6. The van der Waals surface area contributed by atoms with Crippen LogP contribution in [0.3, 0.4) is 0 Å². The summed E-state index contributed by atoms with van der Waals surface area (Å²) < 4.78 is 9.86. The van der Waals surface area contributed by atoms with Gasteiger partial charge in [0.1, 0.15) is 6.10 Å². The van der Waals surface area contributed by atoms with Crippen LogP contribution >= 0.6 is 0 Å². The molecule has 0 aromatic carbocycles. The van der Waals surface area contributed by atoms with Gasteiger partial charge in [-0.2, -0.15) is 0 Å². The highest BCUT2D eigenvalue weighted by Crippen LogP contribution is 1.99. The van der Waals surface area contributed by atoms with E-state index in [4.69, 9.17) is 9.47 Å². The zero-order chi connectivity index (χ0) is 9.40. The Morgan fingerprint density at radius 1 is 1.50 bits per heavy atom. The van der Waals surface area contributed by atoms with E-state index in [2.05, 4.69) is 0 Å². The predicted molar refractivity (Wildman–Crippen MR) is 47.0 cm³/mol. The number of carbonyl (C=O) groups excluding carboxylic acids is 1. The third-order valence-corrected chi connectivity index (χ3v) is 1.47. The van der Waals surface area contributed by atoms with E-state index in [1.54, 1.807) is 7.11 Å². The number of esters is 1. The highest BCUT2D eigenvalue weighted by atomic mass is 16.6. The first-order chi connectivity index (χ1) is 5.70. The standard InChI is InChI=1S/C9H18O3/c1-4-5-6-9(10)12-8(2)7-11-3/h8H,4-7H2,1-3H3/t8-/m0/s1. The van der Waals surface area contributed by atoms with Crippen LogP contribution in [0.15, 0.2) is 0 Å². The fraction of sp³-hybridized carbons (Fsp3) is 0.889. The zero-order valence-electron chi connectivity index (χ0n) is 8.13. The molecule has 0 bridgehead atoms. The predicted octanol–water partition coefficient (Wildman–Crippen LogP) is 1.75. The molecule has 0 spiro atoms. The first kappa shape index (κ1) is 11.4. The van der Waals surface area contributed by atoms with Crippen LogP contribution in [-0.4, -0.2) is 25.8 Å². The maximum atomic E-state index is 11.0. The molecule has 3 heteroatoms. The maximum Gasteiger partial charge on any atom is 0.306 e. The summed E-state index contributed by atoms with van der Waals surface area (Å²) >= 11 is 0. The molecule has 0 aliphatic heterocycles. The van der Waals surface area contributed by atoms with E-state index < -0.39 is 0 Å². The van der Waals surface area contributed by atoms with Crippen LogP contribution in [0, 0.1) is 0 Å². The Bertz CT molecular complexity index is 123. The lowest BCUT2D eigenvalue weighted by Crippen LogP contribution is -2.19. The highest BCUT2D eigenvalue weighted by molar-refractivity contribution is 5.69. The molecular formula is C9H18O3. The molecule has 0 aromatic heterocycles.